The number of aryl methyl sites for hydroxylation is 1. The van der Waals surface area contributed by atoms with Crippen LogP contribution in [0.15, 0.2) is 42.5 Å². The fourth-order valence-electron chi connectivity index (χ4n) is 3.33. The first kappa shape index (κ1) is 14.4. The summed E-state index contributed by atoms with van der Waals surface area (Å²) in [4.78, 5) is 0. The minimum atomic E-state index is 0.0638. The first-order valence-electron chi connectivity index (χ1n) is 6.77. The van der Waals surface area contributed by atoms with Crippen molar-refractivity contribution in [3.63, 3.8) is 0 Å². The van der Waals surface area contributed by atoms with E-state index in [1.807, 2.05) is 18.2 Å². The molecule has 104 valence electrons. The summed E-state index contributed by atoms with van der Waals surface area (Å²) < 4.78 is 0. The summed E-state index contributed by atoms with van der Waals surface area (Å²) in [5.41, 5.74) is 4.20. The highest BCUT2D eigenvalue weighted by molar-refractivity contribution is 9.09. The van der Waals surface area contributed by atoms with E-state index in [9.17, 15) is 0 Å². The molecule has 1 atom stereocenters. The molecular formula is C17H15BrCl2. The summed E-state index contributed by atoms with van der Waals surface area (Å²) in [5, 5.41) is 2.58. The number of rotatable bonds is 3. The van der Waals surface area contributed by atoms with Gasteiger partial charge in [0.2, 0.25) is 0 Å². The Bertz CT molecular complexity index is 617. The molecule has 0 bridgehead atoms. The van der Waals surface area contributed by atoms with Gasteiger partial charge in [-0.05, 0) is 60.2 Å². The number of hydrogen-bond acceptors (Lipinski definition) is 0. The van der Waals surface area contributed by atoms with Crippen LogP contribution in [0.5, 0.6) is 0 Å². The Hall–Kier alpha value is -0.500. The van der Waals surface area contributed by atoms with Crippen LogP contribution in [0.25, 0.3) is 0 Å². The van der Waals surface area contributed by atoms with Gasteiger partial charge in [-0.3, -0.25) is 0 Å². The Balaban J connectivity index is 2.16. The summed E-state index contributed by atoms with van der Waals surface area (Å²) in [6, 6.07) is 14.6. The SMILES string of the molecule is Clc1ccc([C@@]2(CCBr)CCc3ccc(Cl)cc32)cc1. The van der Waals surface area contributed by atoms with Gasteiger partial charge in [0.15, 0.2) is 0 Å². The fraction of sp³-hybridized carbons (Fsp3) is 0.294. The summed E-state index contributed by atoms with van der Waals surface area (Å²) in [7, 11) is 0. The third-order valence-corrected chi connectivity index (χ3v) is 5.21. The molecule has 0 unspecified atom stereocenters. The number of alkyl halides is 1. The molecule has 0 radical (unpaired) electrons. The first-order chi connectivity index (χ1) is 9.65. The lowest BCUT2D eigenvalue weighted by Gasteiger charge is -2.31. The van der Waals surface area contributed by atoms with E-state index in [-0.39, 0.29) is 5.41 Å². The van der Waals surface area contributed by atoms with Gasteiger partial charge in [0.25, 0.3) is 0 Å². The Morgan fingerprint density at radius 2 is 1.70 bits per heavy atom. The number of fused-ring (bicyclic) bond motifs is 1. The average molecular weight is 370 g/mol. The van der Waals surface area contributed by atoms with E-state index >= 15 is 0 Å². The molecular weight excluding hydrogens is 355 g/mol. The predicted molar refractivity (Wildman–Crippen MR) is 90.4 cm³/mol. The zero-order valence-corrected chi connectivity index (χ0v) is 14.1. The third kappa shape index (κ3) is 2.41. The Kier molecular flexibility index (Phi) is 4.12. The smallest absolute Gasteiger partial charge is 0.0409 e. The van der Waals surface area contributed by atoms with Crippen molar-refractivity contribution in [1.82, 2.24) is 0 Å². The highest BCUT2D eigenvalue weighted by atomic mass is 79.9. The molecule has 0 aliphatic heterocycles. The first-order valence-corrected chi connectivity index (χ1v) is 8.64. The maximum Gasteiger partial charge on any atom is 0.0409 e. The van der Waals surface area contributed by atoms with Crippen molar-refractivity contribution >= 4 is 39.1 Å². The third-order valence-electron chi connectivity index (χ3n) is 4.33. The lowest BCUT2D eigenvalue weighted by atomic mass is 9.73. The van der Waals surface area contributed by atoms with Crippen LogP contribution in [-0.2, 0) is 11.8 Å². The predicted octanol–water partition coefficient (Wildman–Crippen LogP) is 6.01. The second-order valence-electron chi connectivity index (χ2n) is 5.33. The topological polar surface area (TPSA) is 0 Å². The summed E-state index contributed by atoms with van der Waals surface area (Å²) in [6.45, 7) is 0. The van der Waals surface area contributed by atoms with Crippen molar-refractivity contribution in [2.75, 3.05) is 5.33 Å². The quantitative estimate of drug-likeness (QED) is 0.581. The van der Waals surface area contributed by atoms with Crippen LogP contribution < -0.4 is 0 Å². The van der Waals surface area contributed by atoms with E-state index in [2.05, 4.69) is 40.2 Å². The Morgan fingerprint density at radius 1 is 1.00 bits per heavy atom. The number of halogens is 3. The molecule has 1 aliphatic carbocycles. The monoisotopic (exact) mass is 368 g/mol. The van der Waals surface area contributed by atoms with Gasteiger partial charge in [0.1, 0.15) is 0 Å². The van der Waals surface area contributed by atoms with Crippen molar-refractivity contribution in [2.45, 2.75) is 24.7 Å². The molecule has 3 rings (SSSR count). The van der Waals surface area contributed by atoms with Crippen LogP contribution in [0.2, 0.25) is 10.0 Å². The summed E-state index contributed by atoms with van der Waals surface area (Å²) >= 11 is 15.9. The van der Waals surface area contributed by atoms with Crippen LogP contribution in [-0.4, -0.2) is 5.33 Å². The molecule has 2 aromatic rings. The highest BCUT2D eigenvalue weighted by Gasteiger charge is 2.39. The zero-order chi connectivity index (χ0) is 14.2. The molecule has 0 amide bonds. The van der Waals surface area contributed by atoms with Gasteiger partial charge in [-0.15, -0.1) is 0 Å². The minimum absolute atomic E-state index is 0.0638. The van der Waals surface area contributed by atoms with Crippen molar-refractivity contribution < 1.29 is 0 Å². The molecule has 0 spiro atoms. The lowest BCUT2D eigenvalue weighted by Crippen LogP contribution is -2.25. The zero-order valence-electron chi connectivity index (χ0n) is 11.0. The molecule has 0 saturated heterocycles. The standard InChI is InChI=1S/C17H15BrCl2/c18-10-9-17(13-2-5-14(19)6-3-13)8-7-12-1-4-15(20)11-16(12)17/h1-6,11H,7-10H2/t17-/m0/s1. The van der Waals surface area contributed by atoms with E-state index in [1.165, 1.54) is 16.7 Å². The molecule has 0 nitrogen and oxygen atoms in total. The van der Waals surface area contributed by atoms with Crippen LogP contribution >= 0.6 is 39.1 Å². The van der Waals surface area contributed by atoms with Gasteiger partial charge in [0.05, 0.1) is 0 Å². The maximum absolute atomic E-state index is 6.23. The molecule has 20 heavy (non-hydrogen) atoms. The van der Waals surface area contributed by atoms with E-state index in [0.29, 0.717) is 0 Å². The number of hydrogen-bond donors (Lipinski definition) is 0. The molecule has 2 aromatic carbocycles. The average Bonchev–Trinajstić information content (AvgIpc) is 2.79. The molecule has 1 aliphatic rings. The van der Waals surface area contributed by atoms with Gasteiger partial charge >= 0.3 is 0 Å². The van der Waals surface area contributed by atoms with Crippen LogP contribution in [0.4, 0.5) is 0 Å². The Labute approximate surface area is 138 Å². The maximum atomic E-state index is 6.23. The van der Waals surface area contributed by atoms with E-state index in [4.69, 9.17) is 23.2 Å². The summed E-state index contributed by atoms with van der Waals surface area (Å²) in [5.74, 6) is 0. The van der Waals surface area contributed by atoms with Crippen molar-refractivity contribution in [2.24, 2.45) is 0 Å². The van der Waals surface area contributed by atoms with E-state index in [0.717, 1.165) is 34.6 Å². The van der Waals surface area contributed by atoms with E-state index < -0.39 is 0 Å². The van der Waals surface area contributed by atoms with Crippen LogP contribution in [0.1, 0.15) is 29.5 Å². The number of benzene rings is 2. The molecule has 0 fully saturated rings. The second-order valence-corrected chi connectivity index (χ2v) is 7.00. The van der Waals surface area contributed by atoms with Crippen molar-refractivity contribution in [3.8, 4) is 0 Å². The minimum Gasteiger partial charge on any atom is -0.0928 e. The second kappa shape index (κ2) is 5.71. The molecule has 0 saturated carbocycles. The van der Waals surface area contributed by atoms with Gasteiger partial charge in [-0.1, -0.05) is 57.3 Å². The normalized spacial score (nSPS) is 20.9. The lowest BCUT2D eigenvalue weighted by molar-refractivity contribution is 0.498. The molecule has 0 heterocycles. The molecule has 0 aromatic heterocycles. The molecule has 0 N–H and O–H groups in total. The van der Waals surface area contributed by atoms with Gasteiger partial charge in [0, 0.05) is 20.8 Å². The van der Waals surface area contributed by atoms with E-state index in [1.54, 1.807) is 0 Å². The summed E-state index contributed by atoms with van der Waals surface area (Å²) in [6.07, 6.45) is 3.32. The highest BCUT2D eigenvalue weighted by Crippen LogP contribution is 2.47. The van der Waals surface area contributed by atoms with Crippen LogP contribution in [0.3, 0.4) is 0 Å². The Morgan fingerprint density at radius 3 is 2.40 bits per heavy atom. The van der Waals surface area contributed by atoms with Crippen molar-refractivity contribution in [3.05, 3.63) is 69.2 Å². The van der Waals surface area contributed by atoms with Gasteiger partial charge in [-0.25, -0.2) is 0 Å². The van der Waals surface area contributed by atoms with Gasteiger partial charge < -0.3 is 0 Å². The molecule has 3 heteroatoms. The van der Waals surface area contributed by atoms with Crippen LogP contribution in [0, 0.1) is 0 Å². The largest absolute Gasteiger partial charge is 0.0928 e. The fourth-order valence-corrected chi connectivity index (χ4v) is 4.30. The van der Waals surface area contributed by atoms with Crippen molar-refractivity contribution in [1.29, 1.82) is 0 Å². The van der Waals surface area contributed by atoms with Gasteiger partial charge in [-0.2, -0.15) is 0 Å².